The molecule has 0 aliphatic carbocycles. The molecule has 326 valence electrons. The summed E-state index contributed by atoms with van der Waals surface area (Å²) >= 11 is 12.4. The molecular weight excluding hydrogens is 820 g/mol. The predicted molar refractivity (Wildman–Crippen MR) is 239 cm³/mol. The van der Waals surface area contributed by atoms with Gasteiger partial charge in [0.15, 0.2) is 0 Å². The molecule has 4 atom stereocenters. The Morgan fingerprint density at radius 3 is 1.98 bits per heavy atom. The summed E-state index contributed by atoms with van der Waals surface area (Å²) in [5.74, 6) is -1.13. The summed E-state index contributed by atoms with van der Waals surface area (Å²) in [4.78, 5) is 59.2. The Morgan fingerprint density at radius 2 is 1.43 bits per heavy atom. The first-order valence-corrected chi connectivity index (χ1v) is 23.5. The van der Waals surface area contributed by atoms with E-state index in [1.807, 2.05) is 36.4 Å². The summed E-state index contributed by atoms with van der Waals surface area (Å²) in [6, 6.07) is 23.5. The highest BCUT2D eigenvalue weighted by Crippen LogP contribution is 2.38. The van der Waals surface area contributed by atoms with Crippen LogP contribution >= 0.6 is 23.2 Å². The molecule has 60 heavy (non-hydrogen) atoms. The number of hydrogen-bond donors (Lipinski definition) is 2. The van der Waals surface area contributed by atoms with E-state index in [0.29, 0.717) is 36.0 Å². The van der Waals surface area contributed by atoms with E-state index in [1.165, 1.54) is 0 Å². The van der Waals surface area contributed by atoms with Gasteiger partial charge in [0, 0.05) is 38.1 Å². The molecule has 0 saturated carbocycles. The number of halogens is 2. The fourth-order valence-corrected chi connectivity index (χ4v) is 13.3. The molecule has 2 saturated heterocycles. The van der Waals surface area contributed by atoms with Crippen molar-refractivity contribution in [2.24, 2.45) is 0 Å². The minimum Gasteiger partial charge on any atom is -0.460 e. The van der Waals surface area contributed by atoms with Gasteiger partial charge in [-0.2, -0.15) is 0 Å². The van der Waals surface area contributed by atoms with Crippen molar-refractivity contribution in [3.63, 3.8) is 0 Å². The van der Waals surface area contributed by atoms with Crippen LogP contribution in [0.2, 0.25) is 15.1 Å². The maximum absolute atomic E-state index is 15.0. The van der Waals surface area contributed by atoms with Gasteiger partial charge >= 0.3 is 12.1 Å². The Kier molecular flexibility index (Phi) is 15.2. The Hall–Kier alpha value is -3.94. The second-order valence-electron chi connectivity index (χ2n) is 18.8. The minimum absolute atomic E-state index is 0.0450. The molecule has 0 spiro atoms. The van der Waals surface area contributed by atoms with Crippen LogP contribution in [0.15, 0.2) is 78.9 Å². The zero-order valence-corrected chi connectivity index (χ0v) is 39.0. The van der Waals surface area contributed by atoms with Crippen molar-refractivity contribution in [2.75, 3.05) is 19.7 Å². The number of nitrogens with one attached hydrogen (secondary N) is 2. The van der Waals surface area contributed by atoms with Crippen molar-refractivity contribution < 1.29 is 33.1 Å². The van der Waals surface area contributed by atoms with Gasteiger partial charge in [0.2, 0.25) is 11.8 Å². The molecule has 5 rings (SSSR count). The highest BCUT2D eigenvalue weighted by atomic mass is 35.5. The van der Waals surface area contributed by atoms with Crippen LogP contribution in [-0.4, -0.2) is 97.1 Å². The number of carbonyl (C=O) groups is 4. The highest BCUT2D eigenvalue weighted by Gasteiger charge is 2.52. The summed E-state index contributed by atoms with van der Waals surface area (Å²) in [6.07, 6.45) is 0.176. The summed E-state index contributed by atoms with van der Waals surface area (Å²) in [6.45, 7) is 18.5. The number of benzene rings is 3. The number of amides is 3. The minimum atomic E-state index is -2.98. The van der Waals surface area contributed by atoms with Crippen molar-refractivity contribution >= 4 is 65.8 Å². The number of alkyl carbamates (subject to hydrolysis) is 1. The Balaban J connectivity index is 1.50. The van der Waals surface area contributed by atoms with Gasteiger partial charge in [-0.1, -0.05) is 111 Å². The van der Waals surface area contributed by atoms with Gasteiger partial charge in [0.05, 0.1) is 22.7 Å². The van der Waals surface area contributed by atoms with E-state index in [0.717, 1.165) is 15.9 Å². The lowest BCUT2D eigenvalue weighted by atomic mass is 10.0. The van der Waals surface area contributed by atoms with Gasteiger partial charge in [0.25, 0.3) is 8.32 Å². The third kappa shape index (κ3) is 11.9. The average molecular weight is 882 g/mol. The molecule has 2 aliphatic rings. The summed E-state index contributed by atoms with van der Waals surface area (Å²) in [5.41, 5.74) is -0.706. The molecule has 3 aromatic rings. The van der Waals surface area contributed by atoms with E-state index in [4.69, 9.17) is 37.1 Å². The van der Waals surface area contributed by atoms with Gasteiger partial charge < -0.3 is 29.4 Å². The van der Waals surface area contributed by atoms with Crippen LogP contribution in [0, 0.1) is 0 Å². The molecule has 3 aromatic carbocycles. The molecule has 2 heterocycles. The third-order valence-electron chi connectivity index (χ3n) is 10.9. The highest BCUT2D eigenvalue weighted by molar-refractivity contribution is 6.99. The van der Waals surface area contributed by atoms with Gasteiger partial charge in [-0.3, -0.25) is 19.3 Å². The number of nitrogens with zero attached hydrogens (tertiary/aromatic N) is 2. The lowest BCUT2D eigenvalue weighted by Gasteiger charge is -2.44. The number of fused-ring (bicyclic) bond motifs is 1. The zero-order valence-electron chi connectivity index (χ0n) is 36.5. The molecule has 14 heteroatoms. The van der Waals surface area contributed by atoms with E-state index in [9.17, 15) is 19.2 Å². The van der Waals surface area contributed by atoms with Crippen LogP contribution in [0.5, 0.6) is 0 Å². The zero-order chi connectivity index (χ0) is 44.0. The predicted octanol–water partition coefficient (Wildman–Crippen LogP) is 7.25. The van der Waals surface area contributed by atoms with E-state index < -0.39 is 55.6 Å². The summed E-state index contributed by atoms with van der Waals surface area (Å²) in [5, 5.41) is 8.74. The number of esters is 1. The van der Waals surface area contributed by atoms with Crippen molar-refractivity contribution in [1.82, 2.24) is 20.4 Å². The fourth-order valence-electron chi connectivity index (χ4n) is 8.35. The average Bonchev–Trinajstić information content (AvgIpc) is 3.52. The second-order valence-corrected chi connectivity index (χ2v) is 24.0. The second kappa shape index (κ2) is 19.4. The van der Waals surface area contributed by atoms with Crippen LogP contribution in [0.3, 0.4) is 0 Å². The van der Waals surface area contributed by atoms with E-state index in [2.05, 4.69) is 60.6 Å². The van der Waals surface area contributed by atoms with Crippen molar-refractivity contribution in [3.8, 4) is 0 Å². The van der Waals surface area contributed by atoms with E-state index in [1.54, 1.807) is 64.6 Å². The molecule has 0 radical (unpaired) electrons. The quantitative estimate of drug-likeness (QED) is 0.136. The Bertz CT molecular complexity index is 1930. The standard InChI is InChI=1S/C46H62Cl2N4O7Si/c1-44(2,3)58-40(53)23-22-38(41(54)49-28-31-20-21-36(47)37(48)26-31)51-25-24-33(52-29-32(27-39(52)42(51)55)50-43(56)59-45(4,5)6)30-57-60(46(7,8)9,34-16-12-10-13-17-34)35-18-14-11-15-19-35/h10-21,26,32-33,38-39H,22-25,27-30H2,1-9H3,(H,49,54)(H,50,56)/t32-,33?,38-,39+/m1/s1. The maximum Gasteiger partial charge on any atom is 0.407 e. The first kappa shape index (κ1) is 47.1. The lowest BCUT2D eigenvalue weighted by molar-refractivity contribution is -0.156. The molecule has 11 nitrogen and oxygen atoms in total. The van der Waals surface area contributed by atoms with Gasteiger partial charge in [-0.25, -0.2) is 4.79 Å². The summed E-state index contributed by atoms with van der Waals surface area (Å²) < 4.78 is 18.7. The molecule has 0 aromatic heterocycles. The maximum atomic E-state index is 15.0. The van der Waals surface area contributed by atoms with E-state index >= 15 is 0 Å². The molecular formula is C46H62Cl2N4O7Si. The SMILES string of the molecule is CC(C)(C)OC(=O)CC[C@H](C(=O)NCc1ccc(Cl)c(Cl)c1)N1CCC(CO[Si](c2ccccc2)(c2ccccc2)C(C)(C)C)N2C[C@H](NC(=O)OC(C)(C)C)C[C@H]2C1=O. The number of rotatable bonds is 13. The number of ether oxygens (including phenoxy) is 2. The fraction of sp³-hybridized carbons (Fsp3) is 0.522. The van der Waals surface area contributed by atoms with Gasteiger partial charge in [-0.05, 0) is 93.9 Å². The lowest BCUT2D eigenvalue weighted by Crippen LogP contribution is -2.67. The topological polar surface area (TPSA) is 127 Å². The van der Waals surface area contributed by atoms with Crippen molar-refractivity contribution in [1.29, 1.82) is 0 Å². The van der Waals surface area contributed by atoms with Gasteiger partial charge in [-0.15, -0.1) is 0 Å². The first-order valence-electron chi connectivity index (χ1n) is 20.8. The largest absolute Gasteiger partial charge is 0.460 e. The van der Waals surface area contributed by atoms with Crippen LogP contribution in [0.25, 0.3) is 0 Å². The Labute approximate surface area is 366 Å². The number of carbonyl (C=O) groups excluding carboxylic acids is 4. The molecule has 2 N–H and O–H groups in total. The van der Waals surface area contributed by atoms with Crippen LogP contribution in [0.4, 0.5) is 4.79 Å². The molecule has 2 fully saturated rings. The monoisotopic (exact) mass is 880 g/mol. The molecule has 3 amide bonds. The summed E-state index contributed by atoms with van der Waals surface area (Å²) in [7, 11) is -2.98. The van der Waals surface area contributed by atoms with Crippen molar-refractivity contribution in [2.45, 2.75) is 135 Å². The number of hydrogen-bond acceptors (Lipinski definition) is 8. The van der Waals surface area contributed by atoms with Crippen LogP contribution < -0.4 is 21.0 Å². The van der Waals surface area contributed by atoms with Crippen LogP contribution in [-0.2, 0) is 34.8 Å². The normalized spacial score (nSPS) is 19.6. The smallest absolute Gasteiger partial charge is 0.407 e. The van der Waals surface area contributed by atoms with Crippen molar-refractivity contribution in [3.05, 3.63) is 94.5 Å². The third-order valence-corrected chi connectivity index (χ3v) is 16.6. The first-order chi connectivity index (χ1) is 28.1. The van der Waals surface area contributed by atoms with E-state index in [-0.39, 0.29) is 42.9 Å². The van der Waals surface area contributed by atoms with Crippen LogP contribution in [0.1, 0.15) is 93.6 Å². The molecule has 1 unspecified atom stereocenters. The molecule has 2 aliphatic heterocycles. The molecule has 0 bridgehead atoms. The van der Waals surface area contributed by atoms with Gasteiger partial charge in [0.1, 0.15) is 17.2 Å². The Morgan fingerprint density at radius 1 is 0.833 bits per heavy atom.